The van der Waals surface area contributed by atoms with Gasteiger partial charge in [-0.15, -0.1) is 0 Å². The molecule has 4 heteroatoms. The Balaban J connectivity index is 2.13. The van der Waals surface area contributed by atoms with Crippen LogP contribution in [0.2, 0.25) is 0 Å². The highest BCUT2D eigenvalue weighted by Gasteiger charge is 2.65. The fourth-order valence-electron chi connectivity index (χ4n) is 6.18. The Morgan fingerprint density at radius 2 is 0.935 bits per heavy atom. The Hall–Kier alpha value is -2.98. The Morgan fingerprint density at radius 3 is 1.19 bits per heavy atom. The van der Waals surface area contributed by atoms with Crippen LogP contribution in [0.4, 0.5) is 0 Å². The molecule has 3 aliphatic rings. The minimum atomic E-state index is -1.47. The average Bonchev–Trinajstić information content (AvgIpc) is 2.77. The highest BCUT2D eigenvalue weighted by Crippen LogP contribution is 2.69. The zero-order chi connectivity index (χ0) is 22.2. The maximum Gasteiger partial charge on any atom is 0.152 e. The minimum Gasteiger partial charge on any atom is -0.496 e. The second kappa shape index (κ2) is 6.27. The van der Waals surface area contributed by atoms with E-state index in [9.17, 15) is 5.11 Å². The summed E-state index contributed by atoms with van der Waals surface area (Å²) >= 11 is 0. The molecule has 0 aliphatic heterocycles. The van der Waals surface area contributed by atoms with Gasteiger partial charge in [0.05, 0.1) is 26.7 Å². The number of rotatable bonds is 3. The van der Waals surface area contributed by atoms with E-state index in [-0.39, 0.29) is 5.41 Å². The van der Waals surface area contributed by atoms with E-state index >= 15 is 0 Å². The van der Waals surface area contributed by atoms with Gasteiger partial charge in [-0.3, -0.25) is 0 Å². The molecule has 6 rings (SSSR count). The van der Waals surface area contributed by atoms with Crippen molar-refractivity contribution in [3.8, 4) is 17.2 Å². The Morgan fingerprint density at radius 1 is 0.613 bits per heavy atom. The summed E-state index contributed by atoms with van der Waals surface area (Å²) in [5.74, 6) is 1.96. The first-order valence-corrected chi connectivity index (χ1v) is 10.5. The predicted molar refractivity (Wildman–Crippen MR) is 120 cm³/mol. The lowest BCUT2D eigenvalue weighted by atomic mass is 9.44. The quantitative estimate of drug-likeness (QED) is 0.652. The van der Waals surface area contributed by atoms with E-state index in [1.54, 1.807) is 21.3 Å². The molecule has 1 N–H and O–H groups in total. The number of hydrogen-bond donors (Lipinski definition) is 1. The molecule has 2 bridgehead atoms. The lowest BCUT2D eigenvalue weighted by molar-refractivity contribution is 0.0827. The normalized spacial score (nSPS) is 22.9. The lowest BCUT2D eigenvalue weighted by Gasteiger charge is -2.59. The Labute approximate surface area is 183 Å². The van der Waals surface area contributed by atoms with Crippen LogP contribution in [0, 0.1) is 5.41 Å². The SMILES string of the molecule is COc1cccc2c1C1(O)c3c(OC)cccc3C2(C(C)(C)C)c2cccc(OC)c21. The number of benzene rings is 3. The van der Waals surface area contributed by atoms with E-state index in [0.29, 0.717) is 17.2 Å². The number of aliphatic hydroxyl groups is 1. The summed E-state index contributed by atoms with van der Waals surface area (Å²) in [5.41, 5.74) is 3.23. The molecule has 0 heterocycles. The van der Waals surface area contributed by atoms with Gasteiger partial charge in [-0.25, -0.2) is 0 Å². The molecule has 0 radical (unpaired) electrons. The van der Waals surface area contributed by atoms with Gasteiger partial charge in [0, 0.05) is 16.7 Å². The van der Waals surface area contributed by atoms with Crippen LogP contribution in [-0.4, -0.2) is 26.4 Å². The van der Waals surface area contributed by atoms with E-state index in [0.717, 1.165) is 33.4 Å². The van der Waals surface area contributed by atoms with Gasteiger partial charge in [0.15, 0.2) is 5.60 Å². The molecule has 0 amide bonds. The van der Waals surface area contributed by atoms with Crippen molar-refractivity contribution in [2.24, 2.45) is 5.41 Å². The number of methoxy groups -OCH3 is 3. The molecule has 0 saturated heterocycles. The van der Waals surface area contributed by atoms with Crippen LogP contribution >= 0.6 is 0 Å². The second-order valence-corrected chi connectivity index (χ2v) is 9.36. The Kier molecular flexibility index (Phi) is 4.03. The average molecular weight is 417 g/mol. The fraction of sp³-hybridized carbons (Fsp3) is 0.333. The fourth-order valence-corrected chi connectivity index (χ4v) is 6.18. The third-order valence-electron chi connectivity index (χ3n) is 7.16. The van der Waals surface area contributed by atoms with Crippen molar-refractivity contribution >= 4 is 0 Å². The van der Waals surface area contributed by atoms with Crippen LogP contribution in [-0.2, 0) is 11.0 Å². The lowest BCUT2D eigenvalue weighted by Crippen LogP contribution is -2.56. The minimum absolute atomic E-state index is 0.238. The van der Waals surface area contributed by atoms with Crippen LogP contribution in [0.3, 0.4) is 0 Å². The molecule has 0 fully saturated rings. The van der Waals surface area contributed by atoms with E-state index < -0.39 is 11.0 Å². The molecule has 3 aromatic rings. The summed E-state index contributed by atoms with van der Waals surface area (Å²) in [6.07, 6.45) is 0. The van der Waals surface area contributed by atoms with Crippen LogP contribution in [0.5, 0.6) is 17.2 Å². The first kappa shape index (κ1) is 20.0. The standard InChI is InChI=1S/C27H28O4/c1-25(2,3)26-16-10-7-13-19(29-4)22(16)27(28,23-17(26)11-8-14-20(23)30-5)24-18(26)12-9-15-21(24)31-6/h7-15,28H,1-6H3. The summed E-state index contributed by atoms with van der Waals surface area (Å²) in [6.45, 7) is 6.75. The topological polar surface area (TPSA) is 47.9 Å². The van der Waals surface area contributed by atoms with Gasteiger partial charge in [-0.1, -0.05) is 57.2 Å². The van der Waals surface area contributed by atoms with Crippen LogP contribution in [0.15, 0.2) is 54.6 Å². The molecule has 0 saturated carbocycles. The van der Waals surface area contributed by atoms with E-state index in [4.69, 9.17) is 14.2 Å². The van der Waals surface area contributed by atoms with Crippen LogP contribution < -0.4 is 14.2 Å². The van der Waals surface area contributed by atoms with Gasteiger partial charge in [0.2, 0.25) is 0 Å². The summed E-state index contributed by atoms with van der Waals surface area (Å²) in [4.78, 5) is 0. The van der Waals surface area contributed by atoms with E-state index in [1.165, 1.54) is 0 Å². The van der Waals surface area contributed by atoms with Gasteiger partial charge in [-0.2, -0.15) is 0 Å². The van der Waals surface area contributed by atoms with Crippen LogP contribution in [0.25, 0.3) is 0 Å². The molecule has 160 valence electrons. The van der Waals surface area contributed by atoms with Crippen molar-refractivity contribution in [2.75, 3.05) is 21.3 Å². The Bertz CT molecular complexity index is 1060. The van der Waals surface area contributed by atoms with Gasteiger partial charge in [0.25, 0.3) is 0 Å². The van der Waals surface area contributed by atoms with Crippen molar-refractivity contribution in [3.05, 3.63) is 88.0 Å². The highest BCUT2D eigenvalue weighted by molar-refractivity contribution is 5.80. The number of hydrogen-bond acceptors (Lipinski definition) is 4. The molecule has 3 aromatic carbocycles. The summed E-state index contributed by atoms with van der Waals surface area (Å²) in [7, 11) is 4.95. The summed E-state index contributed by atoms with van der Waals surface area (Å²) in [5, 5.41) is 12.8. The molecular weight excluding hydrogens is 388 g/mol. The maximum atomic E-state index is 12.8. The summed E-state index contributed by atoms with van der Waals surface area (Å²) < 4.78 is 17.5. The molecule has 31 heavy (non-hydrogen) atoms. The van der Waals surface area contributed by atoms with Crippen molar-refractivity contribution in [1.82, 2.24) is 0 Å². The van der Waals surface area contributed by atoms with Crippen LogP contribution in [0.1, 0.15) is 54.2 Å². The van der Waals surface area contributed by atoms with Crippen molar-refractivity contribution in [1.29, 1.82) is 0 Å². The smallest absolute Gasteiger partial charge is 0.152 e. The third-order valence-corrected chi connectivity index (χ3v) is 7.16. The van der Waals surface area contributed by atoms with Crippen molar-refractivity contribution in [2.45, 2.75) is 31.8 Å². The molecule has 3 aliphatic carbocycles. The largest absolute Gasteiger partial charge is 0.496 e. The zero-order valence-corrected chi connectivity index (χ0v) is 18.9. The summed E-state index contributed by atoms with van der Waals surface area (Å²) in [6, 6.07) is 18.1. The first-order valence-electron chi connectivity index (χ1n) is 10.5. The number of ether oxygens (including phenoxy) is 3. The van der Waals surface area contributed by atoms with Crippen molar-refractivity contribution < 1.29 is 19.3 Å². The van der Waals surface area contributed by atoms with Gasteiger partial charge >= 0.3 is 0 Å². The monoisotopic (exact) mass is 416 g/mol. The van der Waals surface area contributed by atoms with Gasteiger partial charge in [-0.05, 0) is 40.3 Å². The van der Waals surface area contributed by atoms with Crippen molar-refractivity contribution in [3.63, 3.8) is 0 Å². The second-order valence-electron chi connectivity index (χ2n) is 9.36. The predicted octanol–water partition coefficient (Wildman–Crippen LogP) is 5.00. The van der Waals surface area contributed by atoms with E-state index in [2.05, 4.69) is 39.0 Å². The molecule has 4 nitrogen and oxygen atoms in total. The molecule has 0 spiro atoms. The van der Waals surface area contributed by atoms with Gasteiger partial charge < -0.3 is 19.3 Å². The molecular formula is C27H28O4. The molecule has 0 atom stereocenters. The molecule has 0 aromatic heterocycles. The first-order chi connectivity index (χ1) is 14.8. The third kappa shape index (κ3) is 2.09. The van der Waals surface area contributed by atoms with Gasteiger partial charge in [0.1, 0.15) is 17.2 Å². The van der Waals surface area contributed by atoms with E-state index in [1.807, 2.05) is 36.4 Å². The highest BCUT2D eigenvalue weighted by atomic mass is 16.5. The molecule has 0 unspecified atom stereocenters. The maximum absolute atomic E-state index is 12.8. The zero-order valence-electron chi connectivity index (χ0n) is 18.9.